The Morgan fingerprint density at radius 1 is 1.22 bits per heavy atom. The number of carbonyl (C=O) groups excluding carboxylic acids is 2. The Morgan fingerprint density at radius 2 is 1.93 bits per heavy atom. The Bertz CT molecular complexity index is 829. The van der Waals surface area contributed by atoms with Crippen LogP contribution in [-0.2, 0) is 14.3 Å². The molecular weight excluding hydrogens is 376 g/mol. The van der Waals surface area contributed by atoms with Gasteiger partial charge in [0.15, 0.2) is 0 Å². The fraction of sp³-hybridized carbons (Fsp3) is 0.263. The van der Waals surface area contributed by atoms with Crippen LogP contribution in [0.15, 0.2) is 53.4 Å². The minimum Gasteiger partial charge on any atom is -0.460 e. The zero-order valence-electron chi connectivity index (χ0n) is 14.4. The number of hydrogen-bond acceptors (Lipinski definition) is 6. The van der Waals surface area contributed by atoms with Crippen molar-refractivity contribution in [2.24, 2.45) is 0 Å². The molecule has 0 amide bonds. The van der Waals surface area contributed by atoms with Gasteiger partial charge in [0.25, 0.3) is 5.76 Å². The zero-order chi connectivity index (χ0) is 19.4. The maximum absolute atomic E-state index is 12.5. The van der Waals surface area contributed by atoms with Crippen LogP contribution in [0.5, 0.6) is 0 Å². The Balaban J connectivity index is 1.72. The molecule has 0 aromatic heterocycles. The van der Waals surface area contributed by atoms with E-state index in [9.17, 15) is 18.4 Å². The summed E-state index contributed by atoms with van der Waals surface area (Å²) in [4.78, 5) is 24.6. The Morgan fingerprint density at radius 3 is 2.56 bits per heavy atom. The lowest BCUT2D eigenvalue weighted by Crippen LogP contribution is -2.23. The lowest BCUT2D eigenvalue weighted by Gasteiger charge is -2.13. The first-order valence-corrected chi connectivity index (χ1v) is 9.13. The van der Waals surface area contributed by atoms with Gasteiger partial charge in [0.05, 0.1) is 11.3 Å². The Hall–Kier alpha value is -2.61. The van der Waals surface area contributed by atoms with Crippen LogP contribution in [-0.4, -0.2) is 29.9 Å². The van der Waals surface area contributed by atoms with E-state index in [2.05, 4.69) is 5.32 Å². The summed E-state index contributed by atoms with van der Waals surface area (Å²) in [5, 5.41) is 3.07. The van der Waals surface area contributed by atoms with Crippen molar-refractivity contribution < 1.29 is 27.8 Å². The SMILES string of the molecule is C[C@@H]1C[C@H](OC(=O)c2ccccc2Nc2ccc(SC(F)F)cc2)C(=O)O1. The van der Waals surface area contributed by atoms with Gasteiger partial charge in [0, 0.05) is 17.0 Å². The molecule has 0 radical (unpaired) electrons. The van der Waals surface area contributed by atoms with E-state index in [-0.39, 0.29) is 11.7 Å². The summed E-state index contributed by atoms with van der Waals surface area (Å²) in [6.45, 7) is 1.73. The number of carbonyl (C=O) groups is 2. The number of thioether (sulfide) groups is 1. The Kier molecular flexibility index (Phi) is 5.95. The molecule has 2 aromatic rings. The molecule has 2 aromatic carbocycles. The summed E-state index contributed by atoms with van der Waals surface area (Å²) in [6, 6.07) is 13.1. The number of anilines is 2. The third kappa shape index (κ3) is 4.97. The molecule has 2 atom stereocenters. The molecule has 8 heteroatoms. The summed E-state index contributed by atoms with van der Waals surface area (Å²) in [5.41, 5.74) is 1.37. The van der Waals surface area contributed by atoms with Crippen molar-refractivity contribution in [3.05, 3.63) is 54.1 Å². The van der Waals surface area contributed by atoms with Crippen LogP contribution in [0.3, 0.4) is 0 Å². The predicted molar refractivity (Wildman–Crippen MR) is 97.4 cm³/mol. The minimum absolute atomic E-state index is 0.260. The quantitative estimate of drug-likeness (QED) is 0.571. The van der Waals surface area contributed by atoms with Gasteiger partial charge in [-0.25, -0.2) is 9.59 Å². The number of esters is 2. The van der Waals surface area contributed by atoms with Crippen LogP contribution < -0.4 is 5.32 Å². The molecular formula is C19H17F2NO4S. The van der Waals surface area contributed by atoms with Crippen molar-refractivity contribution in [1.29, 1.82) is 0 Å². The lowest BCUT2D eigenvalue weighted by molar-refractivity contribution is -0.147. The van der Waals surface area contributed by atoms with E-state index in [0.717, 1.165) is 0 Å². The monoisotopic (exact) mass is 393 g/mol. The first kappa shape index (κ1) is 19.2. The normalized spacial score (nSPS) is 19.0. The summed E-state index contributed by atoms with van der Waals surface area (Å²) in [5.74, 6) is -3.67. The molecule has 3 rings (SSSR count). The highest BCUT2D eigenvalue weighted by atomic mass is 32.2. The zero-order valence-corrected chi connectivity index (χ0v) is 15.2. The fourth-order valence-corrected chi connectivity index (χ4v) is 3.15. The van der Waals surface area contributed by atoms with Gasteiger partial charge in [-0.3, -0.25) is 0 Å². The number of hydrogen-bond donors (Lipinski definition) is 1. The van der Waals surface area contributed by atoms with E-state index in [1.54, 1.807) is 55.5 Å². The molecule has 0 spiro atoms. The van der Waals surface area contributed by atoms with Crippen molar-refractivity contribution in [1.82, 2.24) is 0 Å². The van der Waals surface area contributed by atoms with Crippen molar-refractivity contribution in [3.63, 3.8) is 0 Å². The predicted octanol–water partition coefficient (Wildman–Crippen LogP) is 4.61. The molecule has 0 unspecified atom stereocenters. The Labute approximate surface area is 159 Å². The number of halogens is 2. The molecule has 1 heterocycles. The first-order valence-electron chi connectivity index (χ1n) is 8.25. The van der Waals surface area contributed by atoms with Gasteiger partial charge < -0.3 is 14.8 Å². The highest BCUT2D eigenvalue weighted by molar-refractivity contribution is 7.99. The van der Waals surface area contributed by atoms with E-state index < -0.39 is 23.8 Å². The minimum atomic E-state index is -2.48. The van der Waals surface area contributed by atoms with E-state index in [0.29, 0.717) is 34.5 Å². The summed E-state index contributed by atoms with van der Waals surface area (Å²) in [7, 11) is 0. The van der Waals surface area contributed by atoms with Crippen LogP contribution in [0.2, 0.25) is 0 Å². The molecule has 142 valence electrons. The van der Waals surface area contributed by atoms with E-state index in [4.69, 9.17) is 9.47 Å². The summed E-state index contributed by atoms with van der Waals surface area (Å²) in [6.07, 6.45) is -0.872. The van der Waals surface area contributed by atoms with Gasteiger partial charge >= 0.3 is 11.9 Å². The highest BCUT2D eigenvalue weighted by Crippen LogP contribution is 2.28. The molecule has 27 heavy (non-hydrogen) atoms. The topological polar surface area (TPSA) is 64.6 Å². The van der Waals surface area contributed by atoms with Gasteiger partial charge in [-0.2, -0.15) is 8.78 Å². The molecule has 1 aliphatic heterocycles. The van der Waals surface area contributed by atoms with Crippen molar-refractivity contribution >= 4 is 35.1 Å². The van der Waals surface area contributed by atoms with Gasteiger partial charge in [-0.05, 0) is 43.3 Å². The standard InChI is InChI=1S/C19H17F2NO4S/c1-11-10-16(18(24)25-11)26-17(23)14-4-2-3-5-15(14)22-12-6-8-13(9-7-12)27-19(20)21/h2-9,11,16,19,22H,10H2,1H3/t11-,16+/m1/s1. The van der Waals surface area contributed by atoms with Crippen molar-refractivity contribution in [2.75, 3.05) is 5.32 Å². The average molecular weight is 393 g/mol. The fourth-order valence-electron chi connectivity index (χ4n) is 2.65. The van der Waals surface area contributed by atoms with Crippen LogP contribution >= 0.6 is 11.8 Å². The van der Waals surface area contributed by atoms with Crippen LogP contribution in [0, 0.1) is 0 Å². The van der Waals surface area contributed by atoms with Crippen molar-refractivity contribution in [2.45, 2.75) is 36.2 Å². The van der Waals surface area contributed by atoms with E-state index in [1.165, 1.54) is 0 Å². The number of nitrogens with one attached hydrogen (secondary N) is 1. The largest absolute Gasteiger partial charge is 0.460 e. The molecule has 5 nitrogen and oxygen atoms in total. The number of para-hydroxylation sites is 1. The number of ether oxygens (including phenoxy) is 2. The number of rotatable bonds is 6. The lowest BCUT2D eigenvalue weighted by atomic mass is 10.1. The van der Waals surface area contributed by atoms with E-state index >= 15 is 0 Å². The second-order valence-electron chi connectivity index (χ2n) is 5.95. The third-order valence-electron chi connectivity index (χ3n) is 3.88. The van der Waals surface area contributed by atoms with Gasteiger partial charge in [0.2, 0.25) is 6.10 Å². The van der Waals surface area contributed by atoms with Gasteiger partial charge in [0.1, 0.15) is 6.10 Å². The van der Waals surface area contributed by atoms with Crippen molar-refractivity contribution in [3.8, 4) is 0 Å². The first-order chi connectivity index (χ1) is 12.9. The smallest absolute Gasteiger partial charge is 0.347 e. The second kappa shape index (κ2) is 8.39. The average Bonchev–Trinajstić information content (AvgIpc) is 2.93. The number of cyclic esters (lactones) is 1. The molecule has 0 aliphatic carbocycles. The molecule has 1 aliphatic rings. The molecule has 0 saturated carbocycles. The summed E-state index contributed by atoms with van der Waals surface area (Å²) >= 11 is 0.461. The third-order valence-corrected chi connectivity index (χ3v) is 4.60. The molecule has 0 bridgehead atoms. The van der Waals surface area contributed by atoms with Crippen LogP contribution in [0.4, 0.5) is 20.2 Å². The molecule has 1 N–H and O–H groups in total. The maximum Gasteiger partial charge on any atom is 0.347 e. The van der Waals surface area contributed by atoms with Gasteiger partial charge in [-0.1, -0.05) is 23.9 Å². The number of alkyl halides is 2. The van der Waals surface area contributed by atoms with Crippen LogP contribution in [0.25, 0.3) is 0 Å². The van der Waals surface area contributed by atoms with E-state index in [1.807, 2.05) is 0 Å². The summed E-state index contributed by atoms with van der Waals surface area (Å²) < 4.78 is 35.1. The number of benzene rings is 2. The highest BCUT2D eigenvalue weighted by Gasteiger charge is 2.35. The molecule has 1 saturated heterocycles. The molecule has 1 fully saturated rings. The van der Waals surface area contributed by atoms with Gasteiger partial charge in [-0.15, -0.1) is 0 Å². The van der Waals surface area contributed by atoms with Crippen LogP contribution in [0.1, 0.15) is 23.7 Å². The second-order valence-corrected chi connectivity index (χ2v) is 7.01. The maximum atomic E-state index is 12.5.